The molecule has 0 saturated carbocycles. The molecule has 1 N–H and O–H groups in total. The molecule has 3 rings (SSSR count). The lowest BCUT2D eigenvalue weighted by atomic mass is 10.2. The van der Waals surface area contributed by atoms with E-state index in [2.05, 4.69) is 22.3 Å². The first-order valence-electron chi connectivity index (χ1n) is 6.13. The number of aliphatic hydroxyl groups excluding tert-OH is 1. The maximum absolute atomic E-state index is 9.24. The van der Waals surface area contributed by atoms with Gasteiger partial charge in [0.25, 0.3) is 0 Å². The third-order valence-electron chi connectivity index (χ3n) is 3.33. The first-order valence-corrected chi connectivity index (χ1v) is 6.90. The minimum absolute atomic E-state index is 0.0694. The van der Waals surface area contributed by atoms with Crippen molar-refractivity contribution in [1.82, 2.24) is 4.37 Å². The molecule has 2 heterocycles. The molecular weight excluding hydrogens is 248 g/mol. The van der Waals surface area contributed by atoms with E-state index in [1.54, 1.807) is 0 Å². The minimum Gasteiger partial charge on any atom is -0.394 e. The summed E-state index contributed by atoms with van der Waals surface area (Å²) in [5.41, 5.74) is 1.04. The quantitative estimate of drug-likeness (QED) is 0.899. The van der Waals surface area contributed by atoms with Crippen LogP contribution in [-0.4, -0.2) is 41.4 Å². The van der Waals surface area contributed by atoms with Crippen LogP contribution in [0.25, 0.3) is 10.9 Å². The number of hydrogen-bond acceptors (Lipinski definition) is 5. The number of aromatic nitrogens is 1. The normalized spacial score (nSPS) is 24.7. The lowest BCUT2D eigenvalue weighted by Gasteiger charge is -2.38. The topological polar surface area (TPSA) is 45.6 Å². The average molecular weight is 264 g/mol. The predicted molar refractivity (Wildman–Crippen MR) is 73.3 cm³/mol. The van der Waals surface area contributed by atoms with E-state index in [0.717, 1.165) is 12.1 Å². The summed E-state index contributed by atoms with van der Waals surface area (Å²) in [4.78, 5) is 2.30. The Labute approximate surface area is 110 Å². The fraction of sp³-hybridized carbons (Fsp3) is 0.462. The van der Waals surface area contributed by atoms with Gasteiger partial charge in [-0.2, -0.15) is 4.37 Å². The second-order valence-electron chi connectivity index (χ2n) is 4.64. The van der Waals surface area contributed by atoms with Crippen LogP contribution < -0.4 is 4.90 Å². The van der Waals surface area contributed by atoms with Crippen LogP contribution >= 0.6 is 11.5 Å². The highest BCUT2D eigenvalue weighted by Crippen LogP contribution is 2.33. The number of anilines is 1. The molecule has 1 aliphatic heterocycles. The molecule has 18 heavy (non-hydrogen) atoms. The van der Waals surface area contributed by atoms with E-state index in [0.29, 0.717) is 12.6 Å². The largest absolute Gasteiger partial charge is 0.394 e. The van der Waals surface area contributed by atoms with Gasteiger partial charge < -0.3 is 14.7 Å². The molecule has 2 aromatic rings. The van der Waals surface area contributed by atoms with E-state index in [1.165, 1.54) is 21.9 Å². The van der Waals surface area contributed by atoms with Crippen molar-refractivity contribution < 1.29 is 9.84 Å². The molecule has 0 spiro atoms. The Bertz CT molecular complexity index is 543. The molecule has 0 bridgehead atoms. The lowest BCUT2D eigenvalue weighted by molar-refractivity contribution is -0.01000. The Morgan fingerprint density at radius 2 is 2.33 bits per heavy atom. The van der Waals surface area contributed by atoms with Crippen LogP contribution in [0.2, 0.25) is 0 Å². The number of ether oxygens (including phenoxy) is 1. The fourth-order valence-electron chi connectivity index (χ4n) is 2.29. The fourth-order valence-corrected chi connectivity index (χ4v) is 3.27. The zero-order valence-electron chi connectivity index (χ0n) is 10.2. The molecule has 5 heteroatoms. The van der Waals surface area contributed by atoms with Crippen LogP contribution in [0.1, 0.15) is 6.92 Å². The molecule has 0 radical (unpaired) electrons. The second kappa shape index (κ2) is 4.84. The SMILES string of the molecule is CC1COC(CO)CN1c1snc2ccccc12. The molecule has 1 saturated heterocycles. The van der Waals surface area contributed by atoms with E-state index in [4.69, 9.17) is 4.74 Å². The molecule has 2 unspecified atom stereocenters. The lowest BCUT2D eigenvalue weighted by Crippen LogP contribution is -2.49. The molecule has 96 valence electrons. The van der Waals surface area contributed by atoms with E-state index in [-0.39, 0.29) is 12.7 Å². The summed E-state index contributed by atoms with van der Waals surface area (Å²) >= 11 is 1.52. The van der Waals surface area contributed by atoms with Crippen LogP contribution in [0, 0.1) is 0 Å². The van der Waals surface area contributed by atoms with Crippen molar-refractivity contribution in [2.24, 2.45) is 0 Å². The number of aliphatic hydroxyl groups is 1. The van der Waals surface area contributed by atoms with E-state index in [9.17, 15) is 5.11 Å². The number of fused-ring (bicyclic) bond motifs is 1. The molecule has 1 aromatic carbocycles. The monoisotopic (exact) mass is 264 g/mol. The Balaban J connectivity index is 1.97. The maximum atomic E-state index is 9.24. The highest BCUT2D eigenvalue weighted by Gasteiger charge is 2.28. The highest BCUT2D eigenvalue weighted by molar-refractivity contribution is 7.11. The zero-order valence-corrected chi connectivity index (χ0v) is 11.1. The van der Waals surface area contributed by atoms with Gasteiger partial charge in [-0.15, -0.1) is 0 Å². The van der Waals surface area contributed by atoms with Gasteiger partial charge in [-0.1, -0.05) is 12.1 Å². The van der Waals surface area contributed by atoms with Crippen molar-refractivity contribution in [1.29, 1.82) is 0 Å². The molecule has 1 aliphatic rings. The summed E-state index contributed by atoms with van der Waals surface area (Å²) in [6.45, 7) is 3.59. The van der Waals surface area contributed by atoms with Crippen molar-refractivity contribution in [3.8, 4) is 0 Å². The first kappa shape index (κ1) is 11.9. The number of rotatable bonds is 2. The van der Waals surface area contributed by atoms with Crippen molar-refractivity contribution in [3.63, 3.8) is 0 Å². The maximum Gasteiger partial charge on any atom is 0.120 e. The smallest absolute Gasteiger partial charge is 0.120 e. The number of benzene rings is 1. The summed E-state index contributed by atoms with van der Waals surface area (Å²) in [6, 6.07) is 8.49. The van der Waals surface area contributed by atoms with E-state index >= 15 is 0 Å². The molecule has 1 aromatic heterocycles. The van der Waals surface area contributed by atoms with Crippen molar-refractivity contribution >= 4 is 27.4 Å². The summed E-state index contributed by atoms with van der Waals surface area (Å²) in [5.74, 6) is 0. The Kier molecular flexibility index (Phi) is 3.20. The molecule has 0 amide bonds. The molecule has 4 nitrogen and oxygen atoms in total. The zero-order chi connectivity index (χ0) is 12.5. The summed E-state index contributed by atoms with van der Waals surface area (Å²) < 4.78 is 10.0. The van der Waals surface area contributed by atoms with Gasteiger partial charge in [0, 0.05) is 11.9 Å². The predicted octanol–water partition coefficient (Wildman–Crippen LogP) is 1.88. The third-order valence-corrected chi connectivity index (χ3v) is 4.25. The van der Waals surface area contributed by atoms with Gasteiger partial charge in [-0.05, 0) is 30.6 Å². The molecule has 0 aliphatic carbocycles. The Morgan fingerprint density at radius 3 is 3.17 bits per heavy atom. The second-order valence-corrected chi connectivity index (χ2v) is 5.40. The van der Waals surface area contributed by atoms with E-state index in [1.807, 2.05) is 18.2 Å². The van der Waals surface area contributed by atoms with Crippen LogP contribution in [0.4, 0.5) is 5.00 Å². The number of nitrogens with zero attached hydrogens (tertiary/aromatic N) is 2. The molecule has 2 atom stereocenters. The van der Waals surface area contributed by atoms with Gasteiger partial charge in [0.1, 0.15) is 5.00 Å². The summed E-state index contributed by atoms with van der Waals surface area (Å²) in [7, 11) is 0. The van der Waals surface area contributed by atoms with Gasteiger partial charge in [0.2, 0.25) is 0 Å². The van der Waals surface area contributed by atoms with Gasteiger partial charge in [-0.25, -0.2) is 0 Å². The van der Waals surface area contributed by atoms with Crippen molar-refractivity contribution in [2.75, 3.05) is 24.7 Å². The summed E-state index contributed by atoms with van der Waals surface area (Å²) in [6.07, 6.45) is -0.0953. The number of morpholine rings is 1. The van der Waals surface area contributed by atoms with Crippen LogP contribution in [0.3, 0.4) is 0 Å². The van der Waals surface area contributed by atoms with Crippen molar-refractivity contribution in [3.05, 3.63) is 24.3 Å². The van der Waals surface area contributed by atoms with Crippen LogP contribution in [0.5, 0.6) is 0 Å². The average Bonchev–Trinajstić information content (AvgIpc) is 2.83. The van der Waals surface area contributed by atoms with Crippen LogP contribution in [-0.2, 0) is 4.74 Å². The highest BCUT2D eigenvalue weighted by atomic mass is 32.1. The Hall–Kier alpha value is -1.17. The van der Waals surface area contributed by atoms with E-state index < -0.39 is 0 Å². The van der Waals surface area contributed by atoms with Gasteiger partial charge in [0.05, 0.1) is 30.9 Å². The van der Waals surface area contributed by atoms with Gasteiger partial charge in [0.15, 0.2) is 0 Å². The van der Waals surface area contributed by atoms with Crippen molar-refractivity contribution in [2.45, 2.75) is 19.1 Å². The Morgan fingerprint density at radius 1 is 1.50 bits per heavy atom. The summed E-state index contributed by atoms with van der Waals surface area (Å²) in [5, 5.41) is 11.6. The van der Waals surface area contributed by atoms with Crippen LogP contribution in [0.15, 0.2) is 24.3 Å². The standard InChI is InChI=1S/C13H16N2O2S/c1-9-8-17-10(7-16)6-15(9)13-11-4-2-3-5-12(11)14-18-13/h2-5,9-10,16H,6-8H2,1H3. The molecular formula is C13H16N2O2S. The molecule has 1 fully saturated rings. The third kappa shape index (κ3) is 1.98. The minimum atomic E-state index is -0.0953. The number of hydrogen-bond donors (Lipinski definition) is 1. The van der Waals surface area contributed by atoms with Gasteiger partial charge >= 0.3 is 0 Å². The van der Waals surface area contributed by atoms with Gasteiger partial charge in [-0.3, -0.25) is 0 Å². The first-order chi connectivity index (χ1) is 8.79.